The SMILES string of the molecule is CNC1(c2ccc(Cl)cc2OC)CC1. The Balaban J connectivity index is 2.42. The Morgan fingerprint density at radius 3 is 2.64 bits per heavy atom. The summed E-state index contributed by atoms with van der Waals surface area (Å²) in [7, 11) is 3.67. The molecule has 2 nitrogen and oxygen atoms in total. The molecule has 1 aliphatic carbocycles. The van der Waals surface area contributed by atoms with Gasteiger partial charge in [-0.1, -0.05) is 17.7 Å². The normalized spacial score (nSPS) is 17.9. The summed E-state index contributed by atoms with van der Waals surface area (Å²) >= 11 is 5.91. The van der Waals surface area contributed by atoms with Gasteiger partial charge >= 0.3 is 0 Å². The molecular formula is C11H14ClNO. The smallest absolute Gasteiger partial charge is 0.125 e. The van der Waals surface area contributed by atoms with Gasteiger partial charge in [0.25, 0.3) is 0 Å². The van der Waals surface area contributed by atoms with Crippen molar-refractivity contribution in [1.82, 2.24) is 5.32 Å². The molecular weight excluding hydrogens is 198 g/mol. The van der Waals surface area contributed by atoms with E-state index in [4.69, 9.17) is 16.3 Å². The third kappa shape index (κ3) is 1.49. The van der Waals surface area contributed by atoms with Crippen molar-refractivity contribution in [2.75, 3.05) is 14.2 Å². The minimum Gasteiger partial charge on any atom is -0.496 e. The Labute approximate surface area is 89.2 Å². The number of halogens is 1. The molecule has 0 atom stereocenters. The Hall–Kier alpha value is -0.730. The quantitative estimate of drug-likeness (QED) is 0.830. The first-order valence-corrected chi connectivity index (χ1v) is 5.12. The Kier molecular flexibility index (Phi) is 2.41. The standard InChI is InChI=1S/C11H14ClNO/c1-13-11(5-6-11)9-4-3-8(12)7-10(9)14-2/h3-4,7,13H,5-6H2,1-2H3. The maximum Gasteiger partial charge on any atom is 0.125 e. The van der Waals surface area contributed by atoms with Crippen LogP contribution in [0, 0.1) is 0 Å². The summed E-state index contributed by atoms with van der Waals surface area (Å²) in [6.45, 7) is 0. The first-order valence-electron chi connectivity index (χ1n) is 4.75. The van der Waals surface area contributed by atoms with Crippen molar-refractivity contribution in [3.63, 3.8) is 0 Å². The molecule has 0 aliphatic heterocycles. The Morgan fingerprint density at radius 2 is 2.14 bits per heavy atom. The summed E-state index contributed by atoms with van der Waals surface area (Å²) < 4.78 is 5.33. The van der Waals surface area contributed by atoms with E-state index in [1.165, 1.54) is 18.4 Å². The van der Waals surface area contributed by atoms with Crippen molar-refractivity contribution in [2.45, 2.75) is 18.4 Å². The van der Waals surface area contributed by atoms with E-state index in [2.05, 4.69) is 5.32 Å². The van der Waals surface area contributed by atoms with Gasteiger partial charge in [-0.3, -0.25) is 0 Å². The van der Waals surface area contributed by atoms with Gasteiger partial charge in [0.1, 0.15) is 5.75 Å². The topological polar surface area (TPSA) is 21.3 Å². The molecule has 76 valence electrons. The molecule has 1 aromatic rings. The minimum atomic E-state index is 0.135. The lowest BCUT2D eigenvalue weighted by molar-refractivity contribution is 0.399. The van der Waals surface area contributed by atoms with Gasteiger partial charge in [-0.25, -0.2) is 0 Å². The monoisotopic (exact) mass is 211 g/mol. The number of hydrogen-bond acceptors (Lipinski definition) is 2. The second-order valence-corrected chi connectivity index (χ2v) is 4.11. The van der Waals surface area contributed by atoms with Crippen LogP contribution in [0.4, 0.5) is 0 Å². The highest BCUT2D eigenvalue weighted by Crippen LogP contribution is 2.48. The first kappa shape index (κ1) is 9.81. The van der Waals surface area contributed by atoms with Crippen LogP contribution in [-0.4, -0.2) is 14.2 Å². The predicted molar refractivity (Wildman–Crippen MR) is 58.0 cm³/mol. The van der Waals surface area contributed by atoms with Crippen LogP contribution >= 0.6 is 11.6 Å². The van der Waals surface area contributed by atoms with E-state index in [9.17, 15) is 0 Å². The van der Waals surface area contributed by atoms with Crippen molar-refractivity contribution < 1.29 is 4.74 Å². The van der Waals surface area contributed by atoms with Crippen LogP contribution in [-0.2, 0) is 5.54 Å². The molecule has 0 bridgehead atoms. The van der Waals surface area contributed by atoms with Crippen LogP contribution in [0.5, 0.6) is 5.75 Å². The average molecular weight is 212 g/mol. The molecule has 1 aromatic carbocycles. The van der Waals surface area contributed by atoms with Gasteiger partial charge in [0, 0.05) is 16.1 Å². The van der Waals surface area contributed by atoms with Gasteiger partial charge in [-0.2, -0.15) is 0 Å². The third-order valence-electron chi connectivity index (χ3n) is 2.91. The van der Waals surface area contributed by atoms with E-state index >= 15 is 0 Å². The zero-order valence-electron chi connectivity index (χ0n) is 8.43. The summed E-state index contributed by atoms with van der Waals surface area (Å²) in [5.41, 5.74) is 1.35. The van der Waals surface area contributed by atoms with Crippen molar-refractivity contribution in [3.8, 4) is 5.75 Å². The Bertz CT molecular complexity index is 347. The summed E-state index contributed by atoms with van der Waals surface area (Å²) in [4.78, 5) is 0. The lowest BCUT2D eigenvalue weighted by atomic mass is 10.0. The van der Waals surface area contributed by atoms with Gasteiger partial charge in [-0.05, 0) is 32.0 Å². The zero-order chi connectivity index (χ0) is 10.2. The molecule has 2 rings (SSSR count). The second-order valence-electron chi connectivity index (χ2n) is 3.68. The molecule has 1 N–H and O–H groups in total. The van der Waals surface area contributed by atoms with Crippen LogP contribution in [0.2, 0.25) is 5.02 Å². The molecule has 1 saturated carbocycles. The number of benzene rings is 1. The summed E-state index contributed by atoms with van der Waals surface area (Å²) in [5.74, 6) is 0.879. The van der Waals surface area contributed by atoms with E-state index in [0.717, 1.165) is 10.8 Å². The molecule has 0 aromatic heterocycles. The van der Waals surface area contributed by atoms with Crippen LogP contribution in [0.15, 0.2) is 18.2 Å². The number of ether oxygens (including phenoxy) is 1. The fourth-order valence-electron chi connectivity index (χ4n) is 1.84. The van der Waals surface area contributed by atoms with E-state index < -0.39 is 0 Å². The van der Waals surface area contributed by atoms with Gasteiger partial charge in [0.15, 0.2) is 0 Å². The van der Waals surface area contributed by atoms with Gasteiger partial charge in [0.2, 0.25) is 0 Å². The van der Waals surface area contributed by atoms with Gasteiger partial charge in [-0.15, -0.1) is 0 Å². The fraction of sp³-hybridized carbons (Fsp3) is 0.455. The number of hydrogen-bond donors (Lipinski definition) is 1. The number of nitrogens with one attached hydrogen (secondary N) is 1. The van der Waals surface area contributed by atoms with Crippen LogP contribution in [0.1, 0.15) is 18.4 Å². The molecule has 1 aliphatic rings. The number of rotatable bonds is 3. The van der Waals surface area contributed by atoms with Crippen molar-refractivity contribution in [2.24, 2.45) is 0 Å². The maximum atomic E-state index is 5.91. The summed E-state index contributed by atoms with van der Waals surface area (Å²) in [6, 6.07) is 5.83. The average Bonchev–Trinajstić information content (AvgIpc) is 2.98. The van der Waals surface area contributed by atoms with Crippen molar-refractivity contribution in [3.05, 3.63) is 28.8 Å². The molecule has 0 amide bonds. The van der Waals surface area contributed by atoms with Crippen LogP contribution in [0.3, 0.4) is 0 Å². The highest BCUT2D eigenvalue weighted by atomic mass is 35.5. The fourth-order valence-corrected chi connectivity index (χ4v) is 2.00. The first-order chi connectivity index (χ1) is 6.72. The molecule has 3 heteroatoms. The molecule has 14 heavy (non-hydrogen) atoms. The molecule has 0 unspecified atom stereocenters. The molecule has 1 fully saturated rings. The van der Waals surface area contributed by atoms with Crippen LogP contribution in [0.25, 0.3) is 0 Å². The highest BCUT2D eigenvalue weighted by Gasteiger charge is 2.44. The second kappa shape index (κ2) is 3.44. The predicted octanol–water partition coefficient (Wildman–Crippen LogP) is 2.56. The van der Waals surface area contributed by atoms with Crippen molar-refractivity contribution >= 4 is 11.6 Å². The summed E-state index contributed by atoms with van der Waals surface area (Å²) in [5, 5.41) is 4.06. The van der Waals surface area contributed by atoms with Crippen LogP contribution < -0.4 is 10.1 Å². The molecule has 0 saturated heterocycles. The zero-order valence-corrected chi connectivity index (χ0v) is 9.19. The lowest BCUT2D eigenvalue weighted by Gasteiger charge is -2.18. The van der Waals surface area contributed by atoms with E-state index in [1.54, 1.807) is 7.11 Å². The van der Waals surface area contributed by atoms with Gasteiger partial charge in [0.05, 0.1) is 7.11 Å². The molecule has 0 radical (unpaired) electrons. The van der Waals surface area contributed by atoms with Crippen molar-refractivity contribution in [1.29, 1.82) is 0 Å². The highest BCUT2D eigenvalue weighted by molar-refractivity contribution is 6.30. The summed E-state index contributed by atoms with van der Waals surface area (Å²) in [6.07, 6.45) is 2.34. The number of methoxy groups -OCH3 is 1. The van der Waals surface area contributed by atoms with E-state index in [1.807, 2.05) is 25.2 Å². The minimum absolute atomic E-state index is 0.135. The van der Waals surface area contributed by atoms with E-state index in [-0.39, 0.29) is 5.54 Å². The molecule has 0 heterocycles. The lowest BCUT2D eigenvalue weighted by Crippen LogP contribution is -2.25. The van der Waals surface area contributed by atoms with E-state index in [0.29, 0.717) is 0 Å². The Morgan fingerprint density at radius 1 is 1.43 bits per heavy atom. The third-order valence-corrected chi connectivity index (χ3v) is 3.14. The van der Waals surface area contributed by atoms with Gasteiger partial charge < -0.3 is 10.1 Å². The maximum absolute atomic E-state index is 5.91. The molecule has 0 spiro atoms. The largest absolute Gasteiger partial charge is 0.496 e.